The van der Waals surface area contributed by atoms with E-state index in [1.165, 1.54) is 12.8 Å². The molecule has 2 unspecified atom stereocenters. The van der Waals surface area contributed by atoms with E-state index in [0.717, 1.165) is 23.5 Å². The Morgan fingerprint density at radius 3 is 3.18 bits per heavy atom. The molecule has 1 aromatic heterocycles. The molecular formula is C13H15ClN2O. The minimum Gasteiger partial charge on any atom is -0.439 e. The molecule has 2 aromatic rings. The van der Waals surface area contributed by atoms with Crippen molar-refractivity contribution in [3.63, 3.8) is 0 Å². The summed E-state index contributed by atoms with van der Waals surface area (Å²) in [6.45, 7) is 3.27. The van der Waals surface area contributed by atoms with Crippen LogP contribution in [0.3, 0.4) is 0 Å². The average molecular weight is 251 g/mol. The van der Waals surface area contributed by atoms with Gasteiger partial charge in [0.2, 0.25) is 5.89 Å². The summed E-state index contributed by atoms with van der Waals surface area (Å²) in [4.78, 5) is 4.53. The summed E-state index contributed by atoms with van der Waals surface area (Å²) in [7, 11) is 0. The SMILES string of the molecule is CC1CCCNC1c1nc2cc(Cl)ccc2o1. The van der Waals surface area contributed by atoms with Gasteiger partial charge in [-0.05, 0) is 43.5 Å². The number of nitrogens with one attached hydrogen (secondary N) is 1. The lowest BCUT2D eigenvalue weighted by Gasteiger charge is -2.27. The molecular weight excluding hydrogens is 236 g/mol. The minimum atomic E-state index is 0.231. The smallest absolute Gasteiger partial charge is 0.212 e. The van der Waals surface area contributed by atoms with Crippen LogP contribution in [0.2, 0.25) is 5.02 Å². The Balaban J connectivity index is 1.99. The third-order valence-electron chi connectivity index (χ3n) is 3.40. The lowest BCUT2D eigenvalue weighted by Crippen LogP contribution is -2.32. The van der Waals surface area contributed by atoms with Crippen LogP contribution in [0.25, 0.3) is 11.1 Å². The Morgan fingerprint density at radius 2 is 2.35 bits per heavy atom. The van der Waals surface area contributed by atoms with E-state index in [-0.39, 0.29) is 6.04 Å². The van der Waals surface area contributed by atoms with Gasteiger partial charge in [-0.1, -0.05) is 18.5 Å². The van der Waals surface area contributed by atoms with Crippen molar-refractivity contribution in [2.45, 2.75) is 25.8 Å². The highest BCUT2D eigenvalue weighted by molar-refractivity contribution is 6.31. The molecule has 0 saturated carbocycles. The Kier molecular flexibility index (Phi) is 2.81. The first kappa shape index (κ1) is 11.1. The molecule has 1 saturated heterocycles. The molecule has 1 aliphatic heterocycles. The van der Waals surface area contributed by atoms with Crippen molar-refractivity contribution < 1.29 is 4.42 Å². The fourth-order valence-electron chi connectivity index (χ4n) is 2.43. The van der Waals surface area contributed by atoms with Crippen molar-refractivity contribution in [1.29, 1.82) is 0 Å². The Morgan fingerprint density at radius 1 is 1.47 bits per heavy atom. The topological polar surface area (TPSA) is 38.1 Å². The number of hydrogen-bond acceptors (Lipinski definition) is 3. The molecule has 2 heterocycles. The lowest BCUT2D eigenvalue weighted by molar-refractivity contribution is 0.264. The molecule has 0 amide bonds. The molecule has 4 heteroatoms. The van der Waals surface area contributed by atoms with E-state index in [2.05, 4.69) is 17.2 Å². The first-order valence-corrected chi connectivity index (χ1v) is 6.41. The zero-order valence-corrected chi connectivity index (χ0v) is 10.5. The first-order chi connectivity index (χ1) is 8.24. The van der Waals surface area contributed by atoms with Crippen molar-refractivity contribution in [3.05, 3.63) is 29.1 Å². The van der Waals surface area contributed by atoms with Gasteiger partial charge in [-0.2, -0.15) is 0 Å². The van der Waals surface area contributed by atoms with Crippen molar-refractivity contribution in [2.75, 3.05) is 6.54 Å². The molecule has 1 aromatic carbocycles. The molecule has 1 N–H and O–H groups in total. The molecule has 3 nitrogen and oxygen atoms in total. The van der Waals surface area contributed by atoms with E-state index in [0.29, 0.717) is 10.9 Å². The molecule has 90 valence electrons. The number of fused-ring (bicyclic) bond motifs is 1. The lowest BCUT2D eigenvalue weighted by atomic mass is 9.93. The summed E-state index contributed by atoms with van der Waals surface area (Å²) in [5.41, 5.74) is 1.65. The largest absolute Gasteiger partial charge is 0.439 e. The zero-order valence-electron chi connectivity index (χ0n) is 9.74. The fraction of sp³-hybridized carbons (Fsp3) is 0.462. The number of oxazole rings is 1. The molecule has 1 fully saturated rings. The Bertz CT molecular complexity index is 537. The molecule has 0 aliphatic carbocycles. The maximum atomic E-state index is 5.95. The Labute approximate surface area is 105 Å². The maximum Gasteiger partial charge on any atom is 0.212 e. The molecule has 0 spiro atoms. The second kappa shape index (κ2) is 4.31. The van der Waals surface area contributed by atoms with E-state index in [9.17, 15) is 0 Å². The van der Waals surface area contributed by atoms with Crippen LogP contribution in [-0.4, -0.2) is 11.5 Å². The quantitative estimate of drug-likeness (QED) is 0.841. The second-order valence-corrected chi connectivity index (χ2v) is 5.15. The first-order valence-electron chi connectivity index (χ1n) is 6.03. The number of nitrogens with zero attached hydrogens (tertiary/aromatic N) is 1. The number of halogens is 1. The second-order valence-electron chi connectivity index (χ2n) is 4.72. The van der Waals surface area contributed by atoms with Gasteiger partial charge in [0.25, 0.3) is 0 Å². The van der Waals surface area contributed by atoms with Crippen LogP contribution < -0.4 is 5.32 Å². The summed E-state index contributed by atoms with van der Waals surface area (Å²) in [5.74, 6) is 1.35. The molecule has 2 atom stereocenters. The summed E-state index contributed by atoms with van der Waals surface area (Å²) in [5, 5.41) is 4.17. The highest BCUT2D eigenvalue weighted by atomic mass is 35.5. The fourth-order valence-corrected chi connectivity index (χ4v) is 2.60. The molecule has 0 bridgehead atoms. The van der Waals surface area contributed by atoms with Gasteiger partial charge in [-0.3, -0.25) is 0 Å². The van der Waals surface area contributed by atoms with Crippen molar-refractivity contribution in [3.8, 4) is 0 Å². The predicted molar refractivity (Wildman–Crippen MR) is 68.2 cm³/mol. The van der Waals surface area contributed by atoms with Crippen LogP contribution in [0.5, 0.6) is 0 Å². The van der Waals surface area contributed by atoms with Gasteiger partial charge >= 0.3 is 0 Å². The number of rotatable bonds is 1. The third-order valence-corrected chi connectivity index (χ3v) is 3.64. The van der Waals surface area contributed by atoms with Gasteiger partial charge in [0.15, 0.2) is 5.58 Å². The van der Waals surface area contributed by atoms with E-state index >= 15 is 0 Å². The summed E-state index contributed by atoms with van der Waals surface area (Å²) < 4.78 is 5.80. The molecule has 3 rings (SSSR count). The van der Waals surface area contributed by atoms with Gasteiger partial charge in [0.05, 0.1) is 6.04 Å². The van der Waals surface area contributed by atoms with Gasteiger partial charge in [0.1, 0.15) is 5.52 Å². The zero-order chi connectivity index (χ0) is 11.8. The molecule has 17 heavy (non-hydrogen) atoms. The Hall–Kier alpha value is -1.06. The van der Waals surface area contributed by atoms with Crippen molar-refractivity contribution in [1.82, 2.24) is 10.3 Å². The average Bonchev–Trinajstić information content (AvgIpc) is 2.72. The van der Waals surface area contributed by atoms with Gasteiger partial charge < -0.3 is 9.73 Å². The molecule has 1 aliphatic rings. The minimum absolute atomic E-state index is 0.231. The summed E-state index contributed by atoms with van der Waals surface area (Å²) in [6, 6.07) is 5.78. The highest BCUT2D eigenvalue weighted by Crippen LogP contribution is 2.30. The van der Waals surface area contributed by atoms with Crippen LogP contribution in [-0.2, 0) is 0 Å². The monoisotopic (exact) mass is 250 g/mol. The van der Waals surface area contributed by atoms with Crippen LogP contribution in [0.1, 0.15) is 31.7 Å². The van der Waals surface area contributed by atoms with Crippen molar-refractivity contribution >= 4 is 22.7 Å². The maximum absolute atomic E-state index is 5.95. The van der Waals surface area contributed by atoms with Crippen molar-refractivity contribution in [2.24, 2.45) is 5.92 Å². The van der Waals surface area contributed by atoms with E-state index in [4.69, 9.17) is 16.0 Å². The highest BCUT2D eigenvalue weighted by Gasteiger charge is 2.26. The standard InChI is InChI=1S/C13H15ClN2O/c1-8-3-2-6-15-12(8)13-16-10-7-9(14)4-5-11(10)17-13/h4-5,7-8,12,15H,2-3,6H2,1H3. The van der Waals surface area contributed by atoms with Crippen LogP contribution >= 0.6 is 11.6 Å². The number of benzene rings is 1. The van der Waals surface area contributed by atoms with Gasteiger partial charge in [-0.25, -0.2) is 4.98 Å². The third kappa shape index (κ3) is 2.05. The summed E-state index contributed by atoms with van der Waals surface area (Å²) in [6.07, 6.45) is 2.45. The van der Waals surface area contributed by atoms with E-state index in [1.807, 2.05) is 18.2 Å². The molecule has 0 radical (unpaired) electrons. The number of aromatic nitrogens is 1. The predicted octanol–water partition coefficient (Wildman–Crippen LogP) is 3.54. The normalized spacial score (nSPS) is 25.3. The van der Waals surface area contributed by atoms with Gasteiger partial charge in [-0.15, -0.1) is 0 Å². The summed E-state index contributed by atoms with van der Waals surface area (Å²) >= 11 is 5.95. The van der Waals surface area contributed by atoms with Crippen LogP contribution in [0, 0.1) is 5.92 Å². The van der Waals surface area contributed by atoms with Gasteiger partial charge in [0, 0.05) is 5.02 Å². The van der Waals surface area contributed by atoms with E-state index in [1.54, 1.807) is 0 Å². The van der Waals surface area contributed by atoms with Crippen LogP contribution in [0.15, 0.2) is 22.6 Å². The van der Waals surface area contributed by atoms with E-state index < -0.39 is 0 Å². The number of piperidine rings is 1. The number of hydrogen-bond donors (Lipinski definition) is 1. The van der Waals surface area contributed by atoms with Crippen LogP contribution in [0.4, 0.5) is 0 Å².